The van der Waals surface area contributed by atoms with Crippen LogP contribution in [0.25, 0.3) is 0 Å². The number of anilines is 2. The summed E-state index contributed by atoms with van der Waals surface area (Å²) in [5.74, 6) is 0.219. The molecule has 1 aromatic heterocycles. The van der Waals surface area contributed by atoms with Crippen LogP contribution in [0.5, 0.6) is 0 Å². The first-order valence-corrected chi connectivity index (χ1v) is 10.3. The molecule has 0 saturated carbocycles. The van der Waals surface area contributed by atoms with Crippen molar-refractivity contribution in [2.75, 3.05) is 16.6 Å². The highest BCUT2D eigenvalue weighted by Crippen LogP contribution is 2.32. The zero-order valence-electron chi connectivity index (χ0n) is 15.2. The third kappa shape index (κ3) is 3.68. The number of rotatable bonds is 5. The second-order valence-electron chi connectivity index (χ2n) is 6.56. The van der Waals surface area contributed by atoms with Gasteiger partial charge >= 0.3 is 0 Å². The van der Waals surface area contributed by atoms with E-state index >= 15 is 0 Å². The number of benzene rings is 2. The molecule has 2 N–H and O–H groups in total. The van der Waals surface area contributed by atoms with E-state index in [0.29, 0.717) is 23.5 Å². The highest BCUT2D eigenvalue weighted by Gasteiger charge is 2.30. The van der Waals surface area contributed by atoms with Crippen molar-refractivity contribution in [3.63, 3.8) is 0 Å². The number of nitrogens with one attached hydrogen (secondary N) is 2. The molecular formula is C21H16N4O3S. The van der Waals surface area contributed by atoms with Crippen molar-refractivity contribution in [1.82, 2.24) is 4.98 Å². The summed E-state index contributed by atoms with van der Waals surface area (Å²) in [6.07, 6.45) is 1.66. The fourth-order valence-electron chi connectivity index (χ4n) is 3.25. The number of fused-ring (bicyclic) bond motifs is 1. The molecule has 29 heavy (non-hydrogen) atoms. The van der Waals surface area contributed by atoms with Crippen molar-refractivity contribution < 1.29 is 13.2 Å². The second kappa shape index (κ2) is 7.37. The summed E-state index contributed by atoms with van der Waals surface area (Å²) in [7, 11) is -3.84. The van der Waals surface area contributed by atoms with Crippen molar-refractivity contribution >= 4 is 27.3 Å². The van der Waals surface area contributed by atoms with E-state index in [2.05, 4.69) is 15.0 Å². The van der Waals surface area contributed by atoms with Crippen LogP contribution in [0.1, 0.15) is 27.4 Å². The first kappa shape index (κ1) is 18.7. The molecule has 0 amide bonds. The highest BCUT2D eigenvalue weighted by atomic mass is 32.2. The number of nitriles is 1. The van der Waals surface area contributed by atoms with Crippen molar-refractivity contribution in [2.45, 2.75) is 10.8 Å². The van der Waals surface area contributed by atoms with Gasteiger partial charge < -0.3 is 5.32 Å². The van der Waals surface area contributed by atoms with Crippen molar-refractivity contribution in [3.05, 3.63) is 83.6 Å². The van der Waals surface area contributed by atoms with E-state index in [-0.39, 0.29) is 22.3 Å². The highest BCUT2D eigenvalue weighted by molar-refractivity contribution is 7.92. The maximum atomic E-state index is 13.0. The molecule has 0 bridgehead atoms. The first-order valence-electron chi connectivity index (χ1n) is 8.84. The molecule has 1 atom stereocenters. The molecule has 7 nitrogen and oxygen atoms in total. The number of aromatic nitrogens is 1. The van der Waals surface area contributed by atoms with Gasteiger partial charge in [0.25, 0.3) is 10.0 Å². The predicted octanol–water partition coefficient (Wildman–Crippen LogP) is 3.15. The summed E-state index contributed by atoms with van der Waals surface area (Å²) in [6, 6.07) is 17.6. The Balaban J connectivity index is 1.57. The van der Waals surface area contributed by atoms with Gasteiger partial charge in [0, 0.05) is 29.6 Å². The Labute approximate surface area is 168 Å². The zero-order chi connectivity index (χ0) is 20.4. The van der Waals surface area contributed by atoms with E-state index in [1.54, 1.807) is 30.5 Å². The van der Waals surface area contributed by atoms with Gasteiger partial charge in [-0.05, 0) is 42.5 Å². The summed E-state index contributed by atoms with van der Waals surface area (Å²) < 4.78 is 27.7. The Kier molecular flexibility index (Phi) is 4.74. The van der Waals surface area contributed by atoms with Crippen LogP contribution in [0, 0.1) is 11.3 Å². The average Bonchev–Trinajstić information content (AvgIpc) is 3.17. The molecule has 0 fully saturated rings. The normalized spacial score (nSPS) is 15.1. The van der Waals surface area contributed by atoms with Gasteiger partial charge in [-0.2, -0.15) is 5.26 Å². The number of sulfonamides is 1. The van der Waals surface area contributed by atoms with Gasteiger partial charge in [0.1, 0.15) is 5.82 Å². The Morgan fingerprint density at radius 2 is 1.93 bits per heavy atom. The van der Waals surface area contributed by atoms with Crippen LogP contribution in [0.15, 0.2) is 71.8 Å². The number of carbonyl (C=O) groups is 1. The third-order valence-electron chi connectivity index (χ3n) is 4.70. The number of hydrogen-bond donors (Lipinski definition) is 2. The summed E-state index contributed by atoms with van der Waals surface area (Å²) >= 11 is 0. The SMILES string of the molecule is N#Cc1ccc(S(=O)(=O)Nc2cccc(C(=O)C3CNc4ncccc43)c2)cc1. The lowest BCUT2D eigenvalue weighted by Gasteiger charge is -2.12. The molecule has 2 aromatic carbocycles. The first-order chi connectivity index (χ1) is 14.0. The Morgan fingerprint density at radius 3 is 2.69 bits per heavy atom. The number of pyridine rings is 1. The third-order valence-corrected chi connectivity index (χ3v) is 6.09. The lowest BCUT2D eigenvalue weighted by atomic mass is 9.93. The smallest absolute Gasteiger partial charge is 0.261 e. The molecule has 3 aromatic rings. The number of ketones is 1. The number of Topliss-reactive ketones (excluding diaryl/α,β-unsaturated/α-hetero) is 1. The lowest BCUT2D eigenvalue weighted by Crippen LogP contribution is -2.16. The summed E-state index contributed by atoms with van der Waals surface area (Å²) in [5.41, 5.74) is 1.91. The van der Waals surface area contributed by atoms with Crippen LogP contribution in [0.3, 0.4) is 0 Å². The Bertz CT molecular complexity index is 1230. The molecule has 144 valence electrons. The number of hydrogen-bond acceptors (Lipinski definition) is 6. The minimum absolute atomic E-state index is 0.0354. The average molecular weight is 404 g/mol. The topological polar surface area (TPSA) is 112 Å². The molecule has 2 heterocycles. The van der Waals surface area contributed by atoms with Gasteiger partial charge in [0.2, 0.25) is 0 Å². The summed E-state index contributed by atoms with van der Waals surface area (Å²) in [4.78, 5) is 17.3. The fraction of sp³-hybridized carbons (Fsp3) is 0.0952. The second-order valence-corrected chi connectivity index (χ2v) is 8.24. The minimum atomic E-state index is -3.84. The number of carbonyl (C=O) groups excluding carboxylic acids is 1. The molecule has 0 aliphatic carbocycles. The monoisotopic (exact) mass is 404 g/mol. The van der Waals surface area contributed by atoms with Crippen molar-refractivity contribution in [1.29, 1.82) is 5.26 Å². The zero-order valence-corrected chi connectivity index (χ0v) is 16.0. The van der Waals surface area contributed by atoms with E-state index in [0.717, 1.165) is 5.56 Å². The maximum Gasteiger partial charge on any atom is 0.261 e. The standard InChI is InChI=1S/C21H16N4O3S/c22-12-14-6-8-17(9-7-14)29(27,28)25-16-4-1-3-15(11-16)20(26)19-13-24-21-18(19)5-2-10-23-21/h1-11,19,25H,13H2,(H,23,24). The van der Waals surface area contributed by atoms with Crippen LogP contribution in [-0.2, 0) is 10.0 Å². The van der Waals surface area contributed by atoms with Gasteiger partial charge in [0.15, 0.2) is 5.78 Å². The summed E-state index contributed by atoms with van der Waals surface area (Å²) in [5, 5.41) is 12.0. The van der Waals surface area contributed by atoms with Crippen LogP contribution < -0.4 is 10.0 Å². The molecule has 0 radical (unpaired) electrons. The van der Waals surface area contributed by atoms with Gasteiger partial charge in [0.05, 0.1) is 22.4 Å². The molecule has 4 rings (SSSR count). The summed E-state index contributed by atoms with van der Waals surface area (Å²) in [6.45, 7) is 0.451. The number of nitrogens with zero attached hydrogens (tertiary/aromatic N) is 2. The molecule has 1 unspecified atom stereocenters. The molecular weight excluding hydrogens is 388 g/mol. The van der Waals surface area contributed by atoms with E-state index in [4.69, 9.17) is 5.26 Å². The van der Waals surface area contributed by atoms with Gasteiger partial charge in [-0.1, -0.05) is 18.2 Å². The van der Waals surface area contributed by atoms with E-state index < -0.39 is 10.0 Å². The Hall–Kier alpha value is -3.70. The predicted molar refractivity (Wildman–Crippen MR) is 108 cm³/mol. The molecule has 0 saturated heterocycles. The lowest BCUT2D eigenvalue weighted by molar-refractivity contribution is 0.0966. The van der Waals surface area contributed by atoms with Crippen LogP contribution in [0.4, 0.5) is 11.5 Å². The quantitative estimate of drug-likeness (QED) is 0.632. The Morgan fingerprint density at radius 1 is 1.14 bits per heavy atom. The van der Waals surface area contributed by atoms with E-state index in [1.165, 1.54) is 30.3 Å². The molecule has 8 heteroatoms. The van der Waals surface area contributed by atoms with E-state index in [9.17, 15) is 13.2 Å². The van der Waals surface area contributed by atoms with Crippen molar-refractivity contribution in [2.24, 2.45) is 0 Å². The van der Waals surface area contributed by atoms with Gasteiger partial charge in [-0.25, -0.2) is 13.4 Å². The van der Waals surface area contributed by atoms with Crippen LogP contribution in [-0.4, -0.2) is 25.7 Å². The van der Waals surface area contributed by atoms with Gasteiger partial charge in [-0.3, -0.25) is 9.52 Å². The van der Waals surface area contributed by atoms with E-state index in [1.807, 2.05) is 12.1 Å². The fourth-order valence-corrected chi connectivity index (χ4v) is 4.30. The molecule has 1 aliphatic heterocycles. The minimum Gasteiger partial charge on any atom is -0.369 e. The largest absolute Gasteiger partial charge is 0.369 e. The molecule has 0 spiro atoms. The van der Waals surface area contributed by atoms with Gasteiger partial charge in [-0.15, -0.1) is 0 Å². The van der Waals surface area contributed by atoms with Crippen LogP contribution in [0.2, 0.25) is 0 Å². The van der Waals surface area contributed by atoms with Crippen LogP contribution >= 0.6 is 0 Å². The maximum absolute atomic E-state index is 13.0. The van der Waals surface area contributed by atoms with Crippen molar-refractivity contribution in [3.8, 4) is 6.07 Å². The molecule has 1 aliphatic rings.